The molecule has 0 amide bonds. The maximum Gasteiger partial charge on any atom is 0.170 e. The minimum absolute atomic E-state index is 0.177. The van der Waals surface area contributed by atoms with Crippen molar-refractivity contribution in [2.75, 3.05) is 19.7 Å². The van der Waals surface area contributed by atoms with Crippen LogP contribution in [0.15, 0.2) is 72.9 Å². The summed E-state index contributed by atoms with van der Waals surface area (Å²) in [6.45, 7) is 2.98. The third-order valence-corrected chi connectivity index (χ3v) is 8.84. The SMILES string of the molecule is NC1(c2ccc(-c3nc4ccn5c(CN6CCC(CO)CC6)nnc5c4cc3-c3ccccc3)cc2)CCC1. The number of benzene rings is 2. The average Bonchev–Trinajstić information content (AvgIpc) is 3.39. The Labute approximate surface area is 228 Å². The zero-order valence-corrected chi connectivity index (χ0v) is 22.1. The molecular weight excluding hydrogens is 484 g/mol. The van der Waals surface area contributed by atoms with Crippen molar-refractivity contribution in [3.05, 3.63) is 84.3 Å². The second-order valence-electron chi connectivity index (χ2n) is 11.3. The molecule has 3 aromatic heterocycles. The van der Waals surface area contributed by atoms with Gasteiger partial charge >= 0.3 is 0 Å². The first-order valence-corrected chi connectivity index (χ1v) is 14.1. The lowest BCUT2D eigenvalue weighted by Crippen LogP contribution is -2.43. The summed E-state index contributed by atoms with van der Waals surface area (Å²) < 4.78 is 2.10. The van der Waals surface area contributed by atoms with E-state index in [1.54, 1.807) is 0 Å². The van der Waals surface area contributed by atoms with Crippen LogP contribution in [0.4, 0.5) is 0 Å². The first-order valence-electron chi connectivity index (χ1n) is 14.1. The molecule has 1 saturated heterocycles. The Kier molecular flexibility index (Phi) is 6.15. The molecule has 3 N–H and O–H groups in total. The van der Waals surface area contributed by atoms with Gasteiger partial charge in [-0.3, -0.25) is 9.30 Å². The van der Waals surface area contributed by atoms with E-state index in [1.807, 2.05) is 12.3 Å². The number of hydrogen-bond acceptors (Lipinski definition) is 6. The molecule has 4 heterocycles. The van der Waals surface area contributed by atoms with Crippen molar-refractivity contribution in [3.8, 4) is 22.4 Å². The van der Waals surface area contributed by atoms with Gasteiger partial charge in [0.15, 0.2) is 11.5 Å². The third-order valence-electron chi connectivity index (χ3n) is 8.84. The summed E-state index contributed by atoms with van der Waals surface area (Å²) in [4.78, 5) is 7.60. The normalized spacial score (nSPS) is 18.0. The van der Waals surface area contributed by atoms with E-state index >= 15 is 0 Å². The van der Waals surface area contributed by atoms with E-state index in [2.05, 4.69) is 80.2 Å². The summed E-state index contributed by atoms with van der Waals surface area (Å²) in [5, 5.41) is 19.7. The van der Waals surface area contributed by atoms with Crippen molar-refractivity contribution in [2.45, 2.75) is 44.2 Å². The van der Waals surface area contributed by atoms with Crippen LogP contribution >= 0.6 is 0 Å². The van der Waals surface area contributed by atoms with Crippen molar-refractivity contribution in [1.29, 1.82) is 0 Å². The van der Waals surface area contributed by atoms with Gasteiger partial charge in [0, 0.05) is 34.9 Å². The quantitative estimate of drug-likeness (QED) is 0.323. The molecule has 0 radical (unpaired) electrons. The van der Waals surface area contributed by atoms with Gasteiger partial charge in [-0.2, -0.15) is 0 Å². The molecule has 7 heteroatoms. The summed E-state index contributed by atoms with van der Waals surface area (Å²) in [5.41, 5.74) is 13.6. The Hall–Kier alpha value is -3.65. The van der Waals surface area contributed by atoms with Gasteiger partial charge < -0.3 is 10.8 Å². The van der Waals surface area contributed by atoms with Gasteiger partial charge in [0.25, 0.3) is 0 Å². The van der Waals surface area contributed by atoms with E-state index in [1.165, 1.54) is 12.0 Å². The molecule has 0 spiro atoms. The molecule has 5 aromatic rings. The van der Waals surface area contributed by atoms with Crippen molar-refractivity contribution >= 4 is 16.6 Å². The number of hydrogen-bond donors (Lipinski definition) is 2. The van der Waals surface area contributed by atoms with Crippen molar-refractivity contribution in [3.63, 3.8) is 0 Å². The van der Waals surface area contributed by atoms with Crippen LogP contribution in [0.1, 0.15) is 43.5 Å². The van der Waals surface area contributed by atoms with Crippen LogP contribution in [0.25, 0.3) is 38.9 Å². The number of nitrogens with zero attached hydrogens (tertiary/aromatic N) is 5. The van der Waals surface area contributed by atoms with Crippen molar-refractivity contribution in [2.24, 2.45) is 11.7 Å². The number of likely N-dealkylation sites (tertiary alicyclic amines) is 1. The molecule has 39 heavy (non-hydrogen) atoms. The fourth-order valence-electron chi connectivity index (χ4n) is 6.14. The van der Waals surface area contributed by atoms with Gasteiger partial charge in [0.2, 0.25) is 0 Å². The van der Waals surface area contributed by atoms with E-state index in [-0.39, 0.29) is 12.1 Å². The maximum absolute atomic E-state index is 9.47. The van der Waals surface area contributed by atoms with Crippen molar-refractivity contribution in [1.82, 2.24) is 24.5 Å². The molecular formula is C32H34N6O. The number of fused-ring (bicyclic) bond motifs is 3. The topological polar surface area (TPSA) is 92.6 Å². The second-order valence-corrected chi connectivity index (χ2v) is 11.3. The highest BCUT2D eigenvalue weighted by Crippen LogP contribution is 2.40. The van der Waals surface area contributed by atoms with Gasteiger partial charge in [-0.25, -0.2) is 4.98 Å². The van der Waals surface area contributed by atoms with Gasteiger partial charge in [-0.05, 0) is 74.4 Å². The van der Waals surface area contributed by atoms with Crippen LogP contribution in [0.3, 0.4) is 0 Å². The lowest BCUT2D eigenvalue weighted by Gasteiger charge is -2.38. The average molecular weight is 519 g/mol. The monoisotopic (exact) mass is 518 g/mol. The smallest absolute Gasteiger partial charge is 0.170 e. The Morgan fingerprint density at radius 2 is 1.69 bits per heavy atom. The summed E-state index contributed by atoms with van der Waals surface area (Å²) in [7, 11) is 0. The first-order chi connectivity index (χ1) is 19.1. The molecule has 2 fully saturated rings. The molecule has 2 aromatic carbocycles. The number of pyridine rings is 2. The molecule has 7 rings (SSSR count). The number of aromatic nitrogens is 4. The van der Waals surface area contributed by atoms with E-state index in [9.17, 15) is 5.11 Å². The lowest BCUT2D eigenvalue weighted by molar-refractivity contribution is 0.125. The van der Waals surface area contributed by atoms with E-state index in [4.69, 9.17) is 10.7 Å². The number of nitrogens with two attached hydrogens (primary N) is 1. The summed E-state index contributed by atoms with van der Waals surface area (Å²) in [6, 6.07) is 23.4. The number of aliphatic hydroxyl groups excluding tert-OH is 1. The Morgan fingerprint density at radius 1 is 0.923 bits per heavy atom. The minimum atomic E-state index is -0.177. The number of rotatable bonds is 6. The molecule has 198 valence electrons. The lowest BCUT2D eigenvalue weighted by atomic mass is 9.72. The molecule has 0 unspecified atom stereocenters. The predicted molar refractivity (Wildman–Crippen MR) is 154 cm³/mol. The highest BCUT2D eigenvalue weighted by atomic mass is 16.3. The molecule has 1 aliphatic heterocycles. The second kappa shape index (κ2) is 9.83. The molecule has 1 aliphatic carbocycles. The van der Waals surface area contributed by atoms with Gasteiger partial charge in [0.05, 0.1) is 17.8 Å². The zero-order valence-electron chi connectivity index (χ0n) is 22.1. The maximum atomic E-state index is 9.47. The largest absolute Gasteiger partial charge is 0.396 e. The highest BCUT2D eigenvalue weighted by molar-refractivity contribution is 5.98. The molecule has 7 nitrogen and oxygen atoms in total. The molecule has 0 atom stereocenters. The molecule has 2 aliphatic rings. The van der Waals surface area contributed by atoms with Gasteiger partial charge in [0.1, 0.15) is 0 Å². The van der Waals surface area contributed by atoms with Crippen LogP contribution in [-0.4, -0.2) is 49.3 Å². The zero-order chi connectivity index (χ0) is 26.4. The van der Waals surface area contributed by atoms with Crippen molar-refractivity contribution < 1.29 is 5.11 Å². The highest BCUT2D eigenvalue weighted by Gasteiger charge is 2.34. The van der Waals surface area contributed by atoms with E-state index in [0.29, 0.717) is 5.92 Å². The minimum Gasteiger partial charge on any atom is -0.396 e. The molecule has 0 bridgehead atoms. The number of piperidine rings is 1. The summed E-state index contributed by atoms with van der Waals surface area (Å²) in [5.74, 6) is 1.35. The van der Waals surface area contributed by atoms with Gasteiger partial charge in [-0.1, -0.05) is 54.6 Å². The molecule has 1 saturated carbocycles. The fraction of sp³-hybridized carbons (Fsp3) is 0.344. The third kappa shape index (κ3) is 4.40. The summed E-state index contributed by atoms with van der Waals surface area (Å²) in [6.07, 6.45) is 7.39. The Bertz CT molecular complexity index is 1620. The number of aliphatic hydroxyl groups is 1. The van der Waals surface area contributed by atoms with Crippen LogP contribution in [-0.2, 0) is 12.1 Å². The van der Waals surface area contributed by atoms with E-state index < -0.39 is 0 Å². The predicted octanol–water partition coefficient (Wildman–Crippen LogP) is 5.15. The standard InChI is InChI=1S/C32H34N6O/c33-32(14-4-15-32)25-9-7-24(8-10-25)30-26(23-5-2-1-3-6-23)19-27-28(34-30)13-18-38-29(35-36-31(27)38)20-37-16-11-22(21-39)12-17-37/h1-3,5-10,13,18-19,22,39H,4,11-12,14-17,20-21,33H2. The fourth-order valence-corrected chi connectivity index (χ4v) is 6.14. The first kappa shape index (κ1) is 24.4. The Morgan fingerprint density at radius 3 is 2.38 bits per heavy atom. The van der Waals surface area contributed by atoms with Crippen LogP contribution in [0.5, 0.6) is 0 Å². The van der Waals surface area contributed by atoms with E-state index in [0.717, 1.165) is 90.1 Å². The van der Waals surface area contributed by atoms with Crippen LogP contribution in [0, 0.1) is 5.92 Å². The van der Waals surface area contributed by atoms with Crippen LogP contribution < -0.4 is 5.73 Å². The van der Waals surface area contributed by atoms with Crippen LogP contribution in [0.2, 0.25) is 0 Å². The van der Waals surface area contributed by atoms with Gasteiger partial charge in [-0.15, -0.1) is 10.2 Å². The Balaban J connectivity index is 1.29. The summed E-state index contributed by atoms with van der Waals surface area (Å²) >= 11 is 0.